The lowest BCUT2D eigenvalue weighted by Crippen LogP contribution is -2.37. The van der Waals surface area contributed by atoms with Crippen LogP contribution >= 0.6 is 0 Å². The summed E-state index contributed by atoms with van der Waals surface area (Å²) in [6, 6.07) is 14.9. The van der Waals surface area contributed by atoms with Crippen LogP contribution in [-0.4, -0.2) is 27.3 Å². The number of fused-ring (bicyclic) bond motifs is 1. The van der Waals surface area contributed by atoms with Crippen LogP contribution in [0.2, 0.25) is 0 Å². The highest BCUT2D eigenvalue weighted by Crippen LogP contribution is 2.24. The van der Waals surface area contributed by atoms with Gasteiger partial charge < -0.3 is 15.6 Å². The van der Waals surface area contributed by atoms with Gasteiger partial charge in [-0.2, -0.15) is 0 Å². The van der Waals surface area contributed by atoms with Crippen LogP contribution in [0.4, 0.5) is 5.69 Å². The van der Waals surface area contributed by atoms with E-state index in [0.29, 0.717) is 24.1 Å². The molecule has 1 aliphatic rings. The van der Waals surface area contributed by atoms with Crippen LogP contribution in [0.1, 0.15) is 40.0 Å². The minimum atomic E-state index is -0.721. The molecule has 0 bridgehead atoms. The molecule has 1 atom stereocenters. The Bertz CT molecular complexity index is 1030. The monoisotopic (exact) mass is 388 g/mol. The lowest BCUT2D eigenvalue weighted by atomic mass is 9.90. The SMILES string of the molecule is N[C@@H](Cc1cn(Cc2ccccc2)cn1)C(=O)Nc1ccc2c(c1)C(=O)CCC2. The zero-order valence-electron chi connectivity index (χ0n) is 16.2. The average Bonchev–Trinajstić information content (AvgIpc) is 3.16. The van der Waals surface area contributed by atoms with Crippen LogP contribution in [0.15, 0.2) is 61.1 Å². The van der Waals surface area contributed by atoms with E-state index in [1.54, 1.807) is 12.4 Å². The highest BCUT2D eigenvalue weighted by Gasteiger charge is 2.20. The number of carbonyl (C=O) groups excluding carboxylic acids is 2. The van der Waals surface area contributed by atoms with E-state index in [0.717, 1.165) is 30.6 Å². The Morgan fingerprint density at radius 3 is 2.83 bits per heavy atom. The number of hydrogen-bond acceptors (Lipinski definition) is 4. The van der Waals surface area contributed by atoms with Crippen molar-refractivity contribution in [1.29, 1.82) is 0 Å². The maximum Gasteiger partial charge on any atom is 0.241 e. The number of benzene rings is 2. The van der Waals surface area contributed by atoms with Crippen molar-refractivity contribution in [2.45, 2.75) is 38.3 Å². The molecular weight excluding hydrogens is 364 g/mol. The van der Waals surface area contributed by atoms with Gasteiger partial charge in [-0.1, -0.05) is 36.4 Å². The Hall–Kier alpha value is -3.25. The zero-order chi connectivity index (χ0) is 20.2. The first kappa shape index (κ1) is 19.1. The second-order valence-corrected chi connectivity index (χ2v) is 7.47. The molecule has 4 rings (SSSR count). The van der Waals surface area contributed by atoms with E-state index < -0.39 is 6.04 Å². The molecule has 29 heavy (non-hydrogen) atoms. The third-order valence-electron chi connectivity index (χ3n) is 5.19. The van der Waals surface area contributed by atoms with Gasteiger partial charge in [0.2, 0.25) is 5.91 Å². The molecule has 1 heterocycles. The summed E-state index contributed by atoms with van der Waals surface area (Å²) in [5.41, 5.74) is 10.4. The summed E-state index contributed by atoms with van der Waals surface area (Å²) < 4.78 is 1.98. The first-order chi connectivity index (χ1) is 14.1. The van der Waals surface area contributed by atoms with Gasteiger partial charge in [0.1, 0.15) is 0 Å². The molecule has 0 aliphatic heterocycles. The second-order valence-electron chi connectivity index (χ2n) is 7.47. The molecule has 6 nitrogen and oxygen atoms in total. The molecule has 0 saturated heterocycles. The maximum atomic E-state index is 12.5. The fourth-order valence-corrected chi connectivity index (χ4v) is 3.65. The third-order valence-corrected chi connectivity index (χ3v) is 5.19. The molecule has 1 aliphatic carbocycles. The minimum Gasteiger partial charge on any atom is -0.333 e. The number of anilines is 1. The van der Waals surface area contributed by atoms with Crippen LogP contribution in [0.5, 0.6) is 0 Å². The molecule has 0 spiro atoms. The summed E-state index contributed by atoms with van der Waals surface area (Å²) in [5, 5.41) is 2.83. The predicted octanol–water partition coefficient (Wildman–Crippen LogP) is 2.96. The fraction of sp³-hybridized carbons (Fsp3) is 0.261. The highest BCUT2D eigenvalue weighted by atomic mass is 16.2. The molecule has 0 fully saturated rings. The summed E-state index contributed by atoms with van der Waals surface area (Å²) in [7, 11) is 0. The van der Waals surface area contributed by atoms with E-state index in [2.05, 4.69) is 22.4 Å². The van der Waals surface area contributed by atoms with Gasteiger partial charge in [0.05, 0.1) is 18.1 Å². The first-order valence-corrected chi connectivity index (χ1v) is 9.85. The van der Waals surface area contributed by atoms with Crippen molar-refractivity contribution in [1.82, 2.24) is 9.55 Å². The summed E-state index contributed by atoms with van der Waals surface area (Å²) in [4.78, 5) is 29.0. The lowest BCUT2D eigenvalue weighted by molar-refractivity contribution is -0.117. The van der Waals surface area contributed by atoms with Crippen molar-refractivity contribution in [3.63, 3.8) is 0 Å². The molecule has 0 unspecified atom stereocenters. The highest BCUT2D eigenvalue weighted by molar-refractivity contribution is 6.01. The standard InChI is InChI=1S/C23H24N4O2/c24-21(12-19-14-27(15-25-19)13-16-5-2-1-3-6-16)23(29)26-18-10-9-17-7-4-8-22(28)20(17)11-18/h1-3,5-6,9-11,14-15,21H,4,7-8,12-13,24H2,(H,26,29)/t21-/m0/s1. The molecular formula is C23H24N4O2. The molecule has 3 N–H and O–H groups in total. The number of hydrogen-bond donors (Lipinski definition) is 2. The smallest absolute Gasteiger partial charge is 0.241 e. The Balaban J connectivity index is 1.36. The molecule has 2 aromatic carbocycles. The molecule has 3 aromatic rings. The van der Waals surface area contributed by atoms with Gasteiger partial charge in [0.25, 0.3) is 0 Å². The van der Waals surface area contributed by atoms with E-state index in [9.17, 15) is 9.59 Å². The van der Waals surface area contributed by atoms with Crippen molar-refractivity contribution in [3.05, 3.63) is 83.4 Å². The van der Waals surface area contributed by atoms with Gasteiger partial charge in [0, 0.05) is 36.8 Å². The number of aromatic nitrogens is 2. The number of amides is 1. The Kier molecular flexibility index (Phi) is 5.53. The number of nitrogens with one attached hydrogen (secondary N) is 1. The first-order valence-electron chi connectivity index (χ1n) is 9.85. The van der Waals surface area contributed by atoms with Crippen molar-refractivity contribution < 1.29 is 9.59 Å². The van der Waals surface area contributed by atoms with Crippen molar-refractivity contribution in [2.75, 3.05) is 5.32 Å². The largest absolute Gasteiger partial charge is 0.333 e. The van der Waals surface area contributed by atoms with Gasteiger partial charge >= 0.3 is 0 Å². The normalized spacial score (nSPS) is 14.3. The minimum absolute atomic E-state index is 0.135. The average molecular weight is 388 g/mol. The van der Waals surface area contributed by atoms with E-state index in [1.807, 2.05) is 41.1 Å². The fourth-order valence-electron chi connectivity index (χ4n) is 3.65. The predicted molar refractivity (Wildman–Crippen MR) is 112 cm³/mol. The number of nitrogens with zero attached hydrogens (tertiary/aromatic N) is 2. The topological polar surface area (TPSA) is 90.0 Å². The van der Waals surface area contributed by atoms with Gasteiger partial charge in [0.15, 0.2) is 5.78 Å². The zero-order valence-corrected chi connectivity index (χ0v) is 16.2. The number of rotatable bonds is 6. The summed E-state index contributed by atoms with van der Waals surface area (Å²) in [6.07, 6.45) is 6.37. The molecule has 6 heteroatoms. The molecule has 148 valence electrons. The number of Topliss-reactive ketones (excluding diaryl/α,β-unsaturated/α-hetero) is 1. The van der Waals surface area contributed by atoms with Crippen LogP contribution in [0, 0.1) is 0 Å². The summed E-state index contributed by atoms with van der Waals surface area (Å²) >= 11 is 0. The van der Waals surface area contributed by atoms with Crippen molar-refractivity contribution in [2.24, 2.45) is 5.73 Å². The Morgan fingerprint density at radius 1 is 1.17 bits per heavy atom. The maximum absolute atomic E-state index is 12.5. The van der Waals surface area contributed by atoms with Crippen LogP contribution in [0.25, 0.3) is 0 Å². The third kappa shape index (κ3) is 4.60. The number of aryl methyl sites for hydroxylation is 1. The van der Waals surface area contributed by atoms with Gasteiger partial charge in [-0.25, -0.2) is 4.98 Å². The molecule has 0 saturated carbocycles. The quantitative estimate of drug-likeness (QED) is 0.679. The van der Waals surface area contributed by atoms with E-state index >= 15 is 0 Å². The van der Waals surface area contributed by atoms with Crippen molar-refractivity contribution >= 4 is 17.4 Å². The number of ketones is 1. The van der Waals surface area contributed by atoms with Crippen molar-refractivity contribution in [3.8, 4) is 0 Å². The van der Waals surface area contributed by atoms with Crippen LogP contribution in [0.3, 0.4) is 0 Å². The Morgan fingerprint density at radius 2 is 2.00 bits per heavy atom. The van der Waals surface area contributed by atoms with E-state index in [1.165, 1.54) is 5.56 Å². The van der Waals surface area contributed by atoms with Crippen LogP contribution in [-0.2, 0) is 24.2 Å². The molecule has 0 radical (unpaired) electrons. The lowest BCUT2D eigenvalue weighted by Gasteiger charge is -2.17. The summed E-state index contributed by atoms with van der Waals surface area (Å²) in [5.74, 6) is -0.151. The summed E-state index contributed by atoms with van der Waals surface area (Å²) in [6.45, 7) is 0.721. The van der Waals surface area contributed by atoms with Gasteiger partial charge in [-0.15, -0.1) is 0 Å². The number of nitrogens with two attached hydrogens (primary N) is 1. The number of imidazole rings is 1. The molecule has 1 aromatic heterocycles. The van der Waals surface area contributed by atoms with Gasteiger partial charge in [-0.05, 0) is 36.1 Å². The van der Waals surface area contributed by atoms with Crippen LogP contribution < -0.4 is 11.1 Å². The number of carbonyl (C=O) groups is 2. The van der Waals surface area contributed by atoms with Gasteiger partial charge in [-0.3, -0.25) is 9.59 Å². The van der Waals surface area contributed by atoms with E-state index in [4.69, 9.17) is 5.73 Å². The molecule has 1 amide bonds. The van der Waals surface area contributed by atoms with E-state index in [-0.39, 0.29) is 11.7 Å². The Labute approximate surface area is 169 Å². The second kappa shape index (κ2) is 8.41.